The minimum absolute atomic E-state index is 0.00755. The summed E-state index contributed by atoms with van der Waals surface area (Å²) in [6.07, 6.45) is 1.88. The zero-order chi connectivity index (χ0) is 12.0. The molecule has 1 rings (SSSR count). The zero-order valence-electron chi connectivity index (χ0n) is 10.0. The molecule has 6 nitrogen and oxygen atoms in total. The molecule has 0 aromatic carbocycles. The second-order valence-corrected chi connectivity index (χ2v) is 4.64. The fourth-order valence-corrected chi connectivity index (χ4v) is 1.14. The molecule has 1 heterocycles. The number of carbonyl (C=O) groups is 1. The summed E-state index contributed by atoms with van der Waals surface area (Å²) in [5, 5.41) is 12.4. The number of hydrogen-bond donors (Lipinski definition) is 3. The van der Waals surface area contributed by atoms with Crippen molar-refractivity contribution < 1.29 is 4.79 Å². The first kappa shape index (κ1) is 12.6. The Morgan fingerprint density at radius 2 is 2.25 bits per heavy atom. The lowest BCUT2D eigenvalue weighted by Crippen LogP contribution is -2.38. The highest BCUT2D eigenvalue weighted by Crippen LogP contribution is 1.97. The van der Waals surface area contributed by atoms with Crippen molar-refractivity contribution in [2.45, 2.75) is 39.3 Å². The first-order valence-corrected chi connectivity index (χ1v) is 5.33. The van der Waals surface area contributed by atoms with Gasteiger partial charge in [-0.15, -0.1) is 0 Å². The first-order chi connectivity index (χ1) is 7.47. The van der Waals surface area contributed by atoms with Gasteiger partial charge in [0.1, 0.15) is 12.2 Å². The summed E-state index contributed by atoms with van der Waals surface area (Å²) in [6, 6.07) is 0. The number of hydrogen-bond acceptors (Lipinski definition) is 4. The van der Waals surface area contributed by atoms with Gasteiger partial charge in [0.05, 0.1) is 6.54 Å². The number of aromatic amines is 1. The maximum atomic E-state index is 11.4. The molecule has 0 saturated heterocycles. The van der Waals surface area contributed by atoms with E-state index < -0.39 is 0 Å². The third kappa shape index (κ3) is 5.45. The molecule has 1 amide bonds. The van der Waals surface area contributed by atoms with Gasteiger partial charge in [-0.05, 0) is 20.8 Å². The highest BCUT2D eigenvalue weighted by Gasteiger charge is 2.09. The molecule has 0 aliphatic heterocycles. The van der Waals surface area contributed by atoms with Crippen LogP contribution in [0.15, 0.2) is 6.33 Å². The van der Waals surface area contributed by atoms with Crippen molar-refractivity contribution in [2.75, 3.05) is 6.54 Å². The van der Waals surface area contributed by atoms with E-state index in [1.807, 2.05) is 0 Å². The van der Waals surface area contributed by atoms with Crippen molar-refractivity contribution in [3.05, 3.63) is 12.2 Å². The van der Waals surface area contributed by atoms with Gasteiger partial charge in [-0.1, -0.05) is 0 Å². The van der Waals surface area contributed by atoms with Crippen LogP contribution in [0.25, 0.3) is 0 Å². The molecule has 1 aromatic heterocycles. The maximum absolute atomic E-state index is 11.4. The number of amides is 1. The number of nitrogens with one attached hydrogen (secondary N) is 3. The van der Waals surface area contributed by atoms with Crippen molar-refractivity contribution in [3.63, 3.8) is 0 Å². The van der Waals surface area contributed by atoms with E-state index in [1.54, 1.807) is 0 Å². The molecule has 1 aromatic rings. The average molecular weight is 225 g/mol. The second kappa shape index (κ2) is 5.60. The highest BCUT2D eigenvalue weighted by atomic mass is 16.1. The van der Waals surface area contributed by atoms with Crippen LogP contribution in [-0.2, 0) is 11.3 Å². The lowest BCUT2D eigenvalue weighted by atomic mass is 10.1. The van der Waals surface area contributed by atoms with Gasteiger partial charge in [0.25, 0.3) is 0 Å². The highest BCUT2D eigenvalue weighted by molar-refractivity contribution is 5.75. The molecule has 6 heteroatoms. The van der Waals surface area contributed by atoms with Gasteiger partial charge in [0, 0.05) is 18.5 Å². The van der Waals surface area contributed by atoms with E-state index in [-0.39, 0.29) is 11.4 Å². The first-order valence-electron chi connectivity index (χ1n) is 5.33. The molecule has 90 valence electrons. The Morgan fingerprint density at radius 1 is 1.50 bits per heavy atom. The average Bonchev–Trinajstić information content (AvgIpc) is 2.65. The Balaban J connectivity index is 2.12. The summed E-state index contributed by atoms with van der Waals surface area (Å²) in [5.74, 6) is 0.672. The Morgan fingerprint density at radius 3 is 2.81 bits per heavy atom. The number of aromatic nitrogens is 3. The van der Waals surface area contributed by atoms with E-state index in [2.05, 4.69) is 46.6 Å². The number of nitrogens with zero attached hydrogens (tertiary/aromatic N) is 2. The SMILES string of the molecule is CC(C)(C)NCCC(=O)NCc1ncn[nH]1. The molecule has 0 saturated carbocycles. The molecule has 3 N–H and O–H groups in total. The number of carbonyl (C=O) groups excluding carboxylic acids is 1. The van der Waals surface area contributed by atoms with Crippen LogP contribution in [-0.4, -0.2) is 33.2 Å². The molecule has 0 spiro atoms. The van der Waals surface area contributed by atoms with Gasteiger partial charge in [-0.3, -0.25) is 9.89 Å². The summed E-state index contributed by atoms with van der Waals surface area (Å²) in [5.41, 5.74) is 0.0468. The Labute approximate surface area is 95.2 Å². The van der Waals surface area contributed by atoms with Crippen LogP contribution < -0.4 is 10.6 Å². The van der Waals surface area contributed by atoms with Gasteiger partial charge < -0.3 is 10.6 Å². The second-order valence-electron chi connectivity index (χ2n) is 4.64. The van der Waals surface area contributed by atoms with Crippen LogP contribution in [0.1, 0.15) is 33.0 Å². The van der Waals surface area contributed by atoms with E-state index in [1.165, 1.54) is 6.33 Å². The third-order valence-corrected chi connectivity index (χ3v) is 1.93. The Hall–Kier alpha value is -1.43. The van der Waals surface area contributed by atoms with E-state index in [9.17, 15) is 4.79 Å². The minimum atomic E-state index is 0.00755. The normalized spacial score (nSPS) is 11.4. The molecule has 16 heavy (non-hydrogen) atoms. The van der Waals surface area contributed by atoms with Crippen LogP contribution in [0, 0.1) is 0 Å². The van der Waals surface area contributed by atoms with Crippen molar-refractivity contribution in [1.29, 1.82) is 0 Å². The van der Waals surface area contributed by atoms with Gasteiger partial charge in [-0.25, -0.2) is 4.98 Å². The fraction of sp³-hybridized carbons (Fsp3) is 0.700. The lowest BCUT2D eigenvalue weighted by molar-refractivity contribution is -0.121. The molecule has 0 fully saturated rings. The van der Waals surface area contributed by atoms with Crippen molar-refractivity contribution in [3.8, 4) is 0 Å². The van der Waals surface area contributed by atoms with Gasteiger partial charge >= 0.3 is 0 Å². The summed E-state index contributed by atoms with van der Waals surface area (Å²) in [6.45, 7) is 7.28. The van der Waals surface area contributed by atoms with E-state index in [0.717, 1.165) is 0 Å². The summed E-state index contributed by atoms with van der Waals surface area (Å²) in [7, 11) is 0. The van der Waals surface area contributed by atoms with Gasteiger partial charge in [-0.2, -0.15) is 5.10 Å². The number of H-pyrrole nitrogens is 1. The Bertz CT molecular complexity index is 314. The molecule has 0 aliphatic rings. The standard InChI is InChI=1S/C10H19N5O/c1-10(2,3)13-5-4-9(16)11-6-8-12-7-14-15-8/h7,13H,4-6H2,1-3H3,(H,11,16)(H,12,14,15). The monoisotopic (exact) mass is 225 g/mol. The van der Waals surface area contributed by atoms with E-state index in [0.29, 0.717) is 25.3 Å². The summed E-state index contributed by atoms with van der Waals surface area (Å²) in [4.78, 5) is 15.3. The Kier molecular flexibility index (Phi) is 4.42. The molecular formula is C10H19N5O. The quantitative estimate of drug-likeness (QED) is 0.668. The lowest BCUT2D eigenvalue weighted by Gasteiger charge is -2.20. The smallest absolute Gasteiger partial charge is 0.221 e. The van der Waals surface area contributed by atoms with Gasteiger partial charge in [0.2, 0.25) is 5.91 Å². The van der Waals surface area contributed by atoms with Crippen LogP contribution in [0.3, 0.4) is 0 Å². The largest absolute Gasteiger partial charge is 0.349 e. The van der Waals surface area contributed by atoms with E-state index in [4.69, 9.17) is 0 Å². The predicted octanol–water partition coefficient (Wildman–Crippen LogP) is 0.199. The summed E-state index contributed by atoms with van der Waals surface area (Å²) < 4.78 is 0. The maximum Gasteiger partial charge on any atom is 0.221 e. The van der Waals surface area contributed by atoms with Crippen molar-refractivity contribution in [1.82, 2.24) is 25.8 Å². The van der Waals surface area contributed by atoms with Crippen molar-refractivity contribution >= 4 is 5.91 Å². The topological polar surface area (TPSA) is 82.7 Å². The molecular weight excluding hydrogens is 206 g/mol. The molecule has 0 aliphatic carbocycles. The zero-order valence-corrected chi connectivity index (χ0v) is 10.0. The molecule has 0 radical (unpaired) electrons. The van der Waals surface area contributed by atoms with Crippen LogP contribution in [0.5, 0.6) is 0 Å². The van der Waals surface area contributed by atoms with Crippen molar-refractivity contribution in [2.24, 2.45) is 0 Å². The van der Waals surface area contributed by atoms with E-state index >= 15 is 0 Å². The van der Waals surface area contributed by atoms with Crippen LogP contribution in [0.2, 0.25) is 0 Å². The van der Waals surface area contributed by atoms with Crippen LogP contribution in [0.4, 0.5) is 0 Å². The van der Waals surface area contributed by atoms with Gasteiger partial charge in [0.15, 0.2) is 0 Å². The molecule has 0 unspecified atom stereocenters. The number of rotatable bonds is 5. The predicted molar refractivity (Wildman–Crippen MR) is 60.6 cm³/mol. The molecule has 0 bridgehead atoms. The minimum Gasteiger partial charge on any atom is -0.349 e. The summed E-state index contributed by atoms with van der Waals surface area (Å²) >= 11 is 0. The third-order valence-electron chi connectivity index (χ3n) is 1.93. The van der Waals surface area contributed by atoms with Crippen LogP contribution >= 0.6 is 0 Å². The fourth-order valence-electron chi connectivity index (χ4n) is 1.14. The molecule has 0 atom stereocenters.